The summed E-state index contributed by atoms with van der Waals surface area (Å²) in [6, 6.07) is 11.0. The summed E-state index contributed by atoms with van der Waals surface area (Å²) in [6.45, 7) is 7.26. The summed E-state index contributed by atoms with van der Waals surface area (Å²) in [5.74, 6) is -0.286. The molecule has 32 heavy (non-hydrogen) atoms. The van der Waals surface area contributed by atoms with Crippen LogP contribution in [0.25, 0.3) is 0 Å². The molecule has 0 aromatic heterocycles. The third kappa shape index (κ3) is 6.61. The summed E-state index contributed by atoms with van der Waals surface area (Å²) < 4.78 is 53.7. The van der Waals surface area contributed by atoms with Gasteiger partial charge < -0.3 is 5.32 Å². The fraction of sp³-hybridized carbons (Fsp3) is 0.409. The van der Waals surface area contributed by atoms with E-state index >= 15 is 0 Å². The van der Waals surface area contributed by atoms with Gasteiger partial charge in [-0.25, -0.2) is 21.6 Å². The quantitative estimate of drug-likeness (QED) is 0.507. The lowest BCUT2D eigenvalue weighted by Gasteiger charge is -2.21. The molecule has 0 saturated heterocycles. The van der Waals surface area contributed by atoms with Crippen molar-refractivity contribution in [2.75, 3.05) is 18.9 Å². The maximum atomic E-state index is 12.5. The zero-order valence-corrected chi connectivity index (χ0v) is 20.7. The first-order chi connectivity index (χ1) is 14.8. The van der Waals surface area contributed by atoms with Gasteiger partial charge in [0, 0.05) is 31.7 Å². The number of carbonyl (C=O) groups excluding carboxylic acids is 1. The van der Waals surface area contributed by atoms with Gasteiger partial charge in [-0.15, -0.1) is 0 Å². The zero-order valence-electron chi connectivity index (χ0n) is 19.0. The molecule has 0 heterocycles. The minimum absolute atomic E-state index is 0.117. The molecule has 0 saturated carbocycles. The van der Waals surface area contributed by atoms with Crippen LogP contribution in [0.5, 0.6) is 0 Å². The summed E-state index contributed by atoms with van der Waals surface area (Å²) in [6.07, 6.45) is 0.438. The van der Waals surface area contributed by atoms with Gasteiger partial charge in [-0.3, -0.25) is 4.79 Å². The molecule has 2 rings (SSSR count). The van der Waals surface area contributed by atoms with Crippen LogP contribution in [0.3, 0.4) is 0 Å². The van der Waals surface area contributed by atoms with Gasteiger partial charge >= 0.3 is 0 Å². The number of carbonyl (C=O) groups is 1. The number of aryl methyl sites for hydroxylation is 2. The van der Waals surface area contributed by atoms with Crippen LogP contribution in [-0.2, 0) is 24.8 Å². The Morgan fingerprint density at radius 1 is 1.00 bits per heavy atom. The van der Waals surface area contributed by atoms with Crippen molar-refractivity contribution >= 4 is 31.6 Å². The molecule has 0 atom stereocenters. The molecule has 10 heteroatoms. The number of hydrogen-bond acceptors (Lipinski definition) is 5. The number of sulfonamides is 2. The number of anilines is 1. The molecule has 2 aromatic carbocycles. The highest BCUT2D eigenvalue weighted by Gasteiger charge is 2.23. The lowest BCUT2D eigenvalue weighted by molar-refractivity contribution is -0.116. The van der Waals surface area contributed by atoms with Crippen molar-refractivity contribution in [2.45, 2.75) is 56.4 Å². The highest BCUT2D eigenvalue weighted by Crippen LogP contribution is 2.19. The van der Waals surface area contributed by atoms with Crippen LogP contribution in [-0.4, -0.2) is 46.7 Å². The van der Waals surface area contributed by atoms with Crippen molar-refractivity contribution in [1.29, 1.82) is 0 Å². The van der Waals surface area contributed by atoms with Crippen LogP contribution < -0.4 is 10.0 Å². The normalized spacial score (nSPS) is 12.3. The van der Waals surface area contributed by atoms with E-state index in [4.69, 9.17) is 0 Å². The van der Waals surface area contributed by atoms with E-state index in [-0.39, 0.29) is 34.7 Å². The summed E-state index contributed by atoms with van der Waals surface area (Å²) in [5.41, 5.74) is 1.98. The molecular formula is C22H31N3O5S2. The van der Waals surface area contributed by atoms with Gasteiger partial charge in [0.25, 0.3) is 0 Å². The van der Waals surface area contributed by atoms with Gasteiger partial charge in [0.15, 0.2) is 0 Å². The van der Waals surface area contributed by atoms with Crippen LogP contribution >= 0.6 is 0 Å². The Hall–Kier alpha value is -2.27. The second kappa shape index (κ2) is 10.6. The van der Waals surface area contributed by atoms with Gasteiger partial charge in [0.1, 0.15) is 0 Å². The molecule has 0 aliphatic carbocycles. The summed E-state index contributed by atoms with van der Waals surface area (Å²) in [5, 5.41) is 2.69. The van der Waals surface area contributed by atoms with E-state index < -0.39 is 20.0 Å². The Balaban J connectivity index is 1.88. The topological polar surface area (TPSA) is 113 Å². The van der Waals surface area contributed by atoms with Crippen LogP contribution in [0.15, 0.2) is 52.3 Å². The van der Waals surface area contributed by atoms with E-state index in [0.29, 0.717) is 17.7 Å². The van der Waals surface area contributed by atoms with Crippen LogP contribution in [0.2, 0.25) is 0 Å². The van der Waals surface area contributed by atoms with E-state index in [1.54, 1.807) is 32.9 Å². The van der Waals surface area contributed by atoms with Crippen molar-refractivity contribution in [3.05, 3.63) is 53.6 Å². The molecule has 1 amide bonds. The molecule has 0 spiro atoms. The van der Waals surface area contributed by atoms with Crippen molar-refractivity contribution in [3.63, 3.8) is 0 Å². The molecule has 8 nitrogen and oxygen atoms in total. The third-order valence-corrected chi connectivity index (χ3v) is 8.70. The first-order valence-electron chi connectivity index (χ1n) is 10.3. The number of rotatable bonds is 10. The summed E-state index contributed by atoms with van der Waals surface area (Å²) in [7, 11) is -5.72. The second-order valence-electron chi connectivity index (χ2n) is 7.96. The van der Waals surface area contributed by atoms with Crippen molar-refractivity contribution in [3.8, 4) is 0 Å². The highest BCUT2D eigenvalue weighted by atomic mass is 32.2. The largest absolute Gasteiger partial charge is 0.326 e. The first-order valence-corrected chi connectivity index (χ1v) is 13.2. The fourth-order valence-corrected chi connectivity index (χ4v) is 5.68. The Labute approximate surface area is 191 Å². The number of nitrogens with zero attached hydrogens (tertiary/aromatic N) is 1. The predicted molar refractivity (Wildman–Crippen MR) is 125 cm³/mol. The van der Waals surface area contributed by atoms with Crippen molar-refractivity contribution in [1.82, 2.24) is 9.03 Å². The Kier molecular flexibility index (Phi) is 8.58. The Bertz CT molecular complexity index is 1160. The molecule has 0 bridgehead atoms. The van der Waals surface area contributed by atoms with E-state index in [9.17, 15) is 21.6 Å². The van der Waals surface area contributed by atoms with Crippen LogP contribution in [0, 0.1) is 13.8 Å². The summed E-state index contributed by atoms with van der Waals surface area (Å²) >= 11 is 0. The molecule has 176 valence electrons. The molecule has 0 aliphatic heterocycles. The molecule has 0 aliphatic rings. The highest BCUT2D eigenvalue weighted by molar-refractivity contribution is 7.89. The van der Waals surface area contributed by atoms with Crippen molar-refractivity contribution in [2.24, 2.45) is 0 Å². The first kappa shape index (κ1) is 26.0. The average Bonchev–Trinajstić information content (AvgIpc) is 2.72. The molecule has 0 radical (unpaired) electrons. The molecule has 2 aromatic rings. The van der Waals surface area contributed by atoms with Gasteiger partial charge in [0.2, 0.25) is 26.0 Å². The minimum Gasteiger partial charge on any atom is -0.326 e. The lowest BCUT2D eigenvalue weighted by atomic mass is 10.2. The van der Waals surface area contributed by atoms with E-state index in [2.05, 4.69) is 10.0 Å². The van der Waals surface area contributed by atoms with E-state index in [1.807, 2.05) is 13.0 Å². The van der Waals surface area contributed by atoms with Gasteiger partial charge in [-0.2, -0.15) is 4.31 Å². The van der Waals surface area contributed by atoms with E-state index in [0.717, 1.165) is 5.56 Å². The van der Waals surface area contributed by atoms with Crippen LogP contribution in [0.1, 0.15) is 37.8 Å². The average molecular weight is 482 g/mol. The summed E-state index contributed by atoms with van der Waals surface area (Å²) in [4.78, 5) is 12.6. The Morgan fingerprint density at radius 3 is 2.22 bits per heavy atom. The smallest absolute Gasteiger partial charge is 0.243 e. The molecular weight excluding hydrogens is 450 g/mol. The lowest BCUT2D eigenvalue weighted by Crippen LogP contribution is -2.33. The van der Waals surface area contributed by atoms with Crippen LogP contribution in [0.4, 0.5) is 5.69 Å². The maximum absolute atomic E-state index is 12.5. The molecule has 2 N–H and O–H groups in total. The molecule has 0 unspecified atom stereocenters. The van der Waals surface area contributed by atoms with Crippen molar-refractivity contribution < 1.29 is 21.6 Å². The predicted octanol–water partition coefficient (Wildman–Crippen LogP) is 3.03. The maximum Gasteiger partial charge on any atom is 0.243 e. The fourth-order valence-electron chi connectivity index (χ4n) is 2.91. The second-order valence-corrected chi connectivity index (χ2v) is 11.7. The number of nitrogens with one attached hydrogen (secondary N) is 2. The standard InChI is InChI=1S/C22H31N3O5S2/c1-16(2)25(5)32(29,30)20-12-10-19(11-13-20)24-22(26)7-6-14-23-31(27,28)21-15-17(3)8-9-18(21)4/h8-13,15-16,23H,6-7,14H2,1-5H3,(H,24,26). The number of hydrogen-bond donors (Lipinski definition) is 2. The van der Waals surface area contributed by atoms with Gasteiger partial charge in [0.05, 0.1) is 9.79 Å². The minimum atomic E-state index is -3.64. The molecule has 0 fully saturated rings. The number of benzene rings is 2. The SMILES string of the molecule is Cc1ccc(C)c(S(=O)(=O)NCCCC(=O)Nc2ccc(S(=O)(=O)N(C)C(C)C)cc2)c1. The monoisotopic (exact) mass is 481 g/mol. The number of amides is 1. The van der Waals surface area contributed by atoms with E-state index in [1.165, 1.54) is 35.6 Å². The third-order valence-electron chi connectivity index (χ3n) is 5.05. The Morgan fingerprint density at radius 2 is 1.62 bits per heavy atom. The van der Waals surface area contributed by atoms with Gasteiger partial charge in [-0.05, 0) is 75.6 Å². The van der Waals surface area contributed by atoms with Gasteiger partial charge in [-0.1, -0.05) is 12.1 Å². The zero-order chi connectivity index (χ0) is 24.1.